The molecule has 0 radical (unpaired) electrons. The highest BCUT2D eigenvalue weighted by molar-refractivity contribution is 9.10. The molecular weight excluding hydrogens is 384 g/mol. The van der Waals surface area contributed by atoms with E-state index in [9.17, 15) is 18.5 Å². The molecular formula is C15H15BrN2O4S. The number of non-ortho nitro benzene ring substituents is 1. The van der Waals surface area contributed by atoms with Crippen LogP contribution in [0.15, 0.2) is 57.9 Å². The van der Waals surface area contributed by atoms with E-state index in [2.05, 4.69) is 15.9 Å². The molecule has 122 valence electrons. The normalized spacial score (nSPS) is 13.0. The minimum absolute atomic E-state index is 0.0670. The fourth-order valence-electron chi connectivity index (χ4n) is 2.11. The van der Waals surface area contributed by atoms with Crippen molar-refractivity contribution in [3.8, 4) is 0 Å². The summed E-state index contributed by atoms with van der Waals surface area (Å²) < 4.78 is 27.2. The van der Waals surface area contributed by atoms with Crippen LogP contribution in [0, 0.1) is 10.1 Å². The van der Waals surface area contributed by atoms with E-state index in [0.717, 1.165) is 0 Å². The molecule has 2 aromatic carbocycles. The molecule has 0 spiro atoms. The Morgan fingerprint density at radius 3 is 2.43 bits per heavy atom. The Kier molecular flexibility index (Phi) is 5.18. The van der Waals surface area contributed by atoms with Gasteiger partial charge >= 0.3 is 0 Å². The van der Waals surface area contributed by atoms with Gasteiger partial charge in [-0.3, -0.25) is 10.1 Å². The molecule has 0 aliphatic carbocycles. The lowest BCUT2D eigenvalue weighted by Gasteiger charge is -2.24. The molecule has 0 fully saturated rings. The largest absolute Gasteiger partial charge is 0.269 e. The first-order valence-corrected chi connectivity index (χ1v) is 8.95. The first-order valence-electron chi connectivity index (χ1n) is 6.71. The van der Waals surface area contributed by atoms with Crippen molar-refractivity contribution in [2.45, 2.75) is 17.9 Å². The quantitative estimate of drug-likeness (QED) is 0.567. The van der Waals surface area contributed by atoms with Crippen LogP contribution in [0.2, 0.25) is 0 Å². The Bertz CT molecular complexity index is 839. The standard InChI is InChI=1S/C15H15BrN2O4S/c1-11(12-5-3-7-14(9-12)18(19)20)17(2)23(21,22)15-8-4-6-13(16)10-15/h3-11H,1-2H3. The topological polar surface area (TPSA) is 80.5 Å². The summed E-state index contributed by atoms with van der Waals surface area (Å²) in [7, 11) is -2.25. The Balaban J connectivity index is 2.37. The Labute approximate surface area is 143 Å². The number of halogens is 1. The smallest absolute Gasteiger partial charge is 0.258 e. The second kappa shape index (κ2) is 6.77. The molecule has 1 unspecified atom stereocenters. The summed E-state index contributed by atoms with van der Waals surface area (Å²) in [6.07, 6.45) is 0. The van der Waals surface area contributed by atoms with Gasteiger partial charge < -0.3 is 0 Å². The van der Waals surface area contributed by atoms with Crippen LogP contribution in [-0.2, 0) is 10.0 Å². The van der Waals surface area contributed by atoms with Crippen LogP contribution in [0.1, 0.15) is 18.5 Å². The third-order valence-corrected chi connectivity index (χ3v) is 6.00. The van der Waals surface area contributed by atoms with Crippen molar-refractivity contribution in [1.82, 2.24) is 4.31 Å². The molecule has 0 heterocycles. The third kappa shape index (κ3) is 3.77. The monoisotopic (exact) mass is 398 g/mol. The predicted molar refractivity (Wildman–Crippen MR) is 90.6 cm³/mol. The minimum atomic E-state index is -3.71. The van der Waals surface area contributed by atoms with Gasteiger partial charge in [-0.1, -0.05) is 34.1 Å². The summed E-state index contributed by atoms with van der Waals surface area (Å²) in [5, 5.41) is 10.9. The van der Waals surface area contributed by atoms with E-state index in [4.69, 9.17) is 0 Å². The second-order valence-electron chi connectivity index (χ2n) is 5.01. The third-order valence-electron chi connectivity index (χ3n) is 3.58. The lowest BCUT2D eigenvalue weighted by atomic mass is 10.1. The van der Waals surface area contributed by atoms with Crippen molar-refractivity contribution in [1.29, 1.82) is 0 Å². The highest BCUT2D eigenvalue weighted by Gasteiger charge is 2.27. The number of nitrogens with zero attached hydrogens (tertiary/aromatic N) is 2. The van der Waals surface area contributed by atoms with Gasteiger partial charge in [0.25, 0.3) is 5.69 Å². The molecule has 0 saturated carbocycles. The number of benzene rings is 2. The van der Waals surface area contributed by atoms with Gasteiger partial charge in [0.15, 0.2) is 0 Å². The SMILES string of the molecule is CC(c1cccc([N+](=O)[O-])c1)N(C)S(=O)(=O)c1cccc(Br)c1. The van der Waals surface area contributed by atoms with E-state index in [-0.39, 0.29) is 10.6 Å². The first-order chi connectivity index (χ1) is 10.7. The molecule has 0 saturated heterocycles. The maximum atomic E-state index is 12.7. The molecule has 0 aliphatic heterocycles. The van der Waals surface area contributed by atoms with Crippen molar-refractivity contribution >= 4 is 31.6 Å². The van der Waals surface area contributed by atoms with Gasteiger partial charge in [0.1, 0.15) is 0 Å². The molecule has 0 N–H and O–H groups in total. The molecule has 0 amide bonds. The Morgan fingerprint density at radius 1 is 1.17 bits per heavy atom. The summed E-state index contributed by atoms with van der Waals surface area (Å²) in [6, 6.07) is 11.8. The molecule has 0 aliphatic rings. The molecule has 8 heteroatoms. The summed E-state index contributed by atoms with van der Waals surface area (Å²) in [5.41, 5.74) is 0.489. The lowest BCUT2D eigenvalue weighted by Crippen LogP contribution is -2.29. The number of nitro benzene ring substituents is 1. The summed E-state index contributed by atoms with van der Waals surface area (Å²) >= 11 is 3.25. The Hall–Kier alpha value is -1.77. The molecule has 2 aromatic rings. The molecule has 6 nitrogen and oxygen atoms in total. The van der Waals surface area contributed by atoms with Crippen LogP contribution in [0.4, 0.5) is 5.69 Å². The molecule has 23 heavy (non-hydrogen) atoms. The molecule has 0 aromatic heterocycles. The van der Waals surface area contributed by atoms with Gasteiger partial charge in [-0.05, 0) is 30.7 Å². The van der Waals surface area contributed by atoms with Crippen molar-refractivity contribution in [3.63, 3.8) is 0 Å². The number of sulfonamides is 1. The summed E-state index contributed by atoms with van der Waals surface area (Å²) in [6.45, 7) is 1.69. The van der Waals surface area contributed by atoms with Crippen molar-refractivity contribution in [2.24, 2.45) is 0 Å². The maximum absolute atomic E-state index is 12.7. The summed E-state index contributed by atoms with van der Waals surface area (Å²) in [4.78, 5) is 10.5. The van der Waals surface area contributed by atoms with Gasteiger partial charge in [-0.25, -0.2) is 8.42 Å². The fourth-order valence-corrected chi connectivity index (χ4v) is 4.06. The van der Waals surface area contributed by atoms with E-state index >= 15 is 0 Å². The van der Waals surface area contributed by atoms with E-state index in [1.165, 1.54) is 35.6 Å². The van der Waals surface area contributed by atoms with E-state index in [1.54, 1.807) is 31.2 Å². The van der Waals surface area contributed by atoms with Gasteiger partial charge in [-0.15, -0.1) is 0 Å². The van der Waals surface area contributed by atoms with Crippen LogP contribution < -0.4 is 0 Å². The van der Waals surface area contributed by atoms with Gasteiger partial charge in [0, 0.05) is 29.7 Å². The van der Waals surface area contributed by atoms with E-state index in [1.807, 2.05) is 0 Å². The number of rotatable bonds is 5. The Morgan fingerprint density at radius 2 is 1.83 bits per heavy atom. The van der Waals surface area contributed by atoms with Gasteiger partial charge in [0.2, 0.25) is 10.0 Å². The zero-order valence-corrected chi connectivity index (χ0v) is 14.9. The number of nitro groups is 1. The highest BCUT2D eigenvalue weighted by Crippen LogP contribution is 2.28. The van der Waals surface area contributed by atoms with E-state index < -0.39 is 21.0 Å². The molecule has 1 atom stereocenters. The average Bonchev–Trinajstić information content (AvgIpc) is 2.53. The average molecular weight is 399 g/mol. The molecule has 2 rings (SSSR count). The fraction of sp³-hybridized carbons (Fsp3) is 0.200. The number of hydrogen-bond acceptors (Lipinski definition) is 4. The minimum Gasteiger partial charge on any atom is -0.258 e. The first kappa shape index (κ1) is 17.6. The number of hydrogen-bond donors (Lipinski definition) is 0. The second-order valence-corrected chi connectivity index (χ2v) is 7.92. The van der Waals surface area contributed by atoms with Gasteiger partial charge in [0.05, 0.1) is 9.82 Å². The zero-order chi connectivity index (χ0) is 17.2. The predicted octanol–water partition coefficient (Wildman–Crippen LogP) is 3.74. The van der Waals surface area contributed by atoms with Crippen LogP contribution >= 0.6 is 15.9 Å². The summed E-state index contributed by atoms with van der Waals surface area (Å²) in [5.74, 6) is 0. The van der Waals surface area contributed by atoms with Crippen molar-refractivity contribution in [2.75, 3.05) is 7.05 Å². The maximum Gasteiger partial charge on any atom is 0.269 e. The van der Waals surface area contributed by atoms with E-state index in [0.29, 0.717) is 10.0 Å². The molecule has 0 bridgehead atoms. The lowest BCUT2D eigenvalue weighted by molar-refractivity contribution is -0.384. The van der Waals surface area contributed by atoms with Crippen LogP contribution in [0.3, 0.4) is 0 Å². The van der Waals surface area contributed by atoms with Crippen LogP contribution in [-0.4, -0.2) is 24.7 Å². The highest BCUT2D eigenvalue weighted by atomic mass is 79.9. The van der Waals surface area contributed by atoms with Crippen LogP contribution in [0.25, 0.3) is 0 Å². The van der Waals surface area contributed by atoms with Crippen molar-refractivity contribution in [3.05, 3.63) is 68.7 Å². The van der Waals surface area contributed by atoms with Gasteiger partial charge in [-0.2, -0.15) is 4.31 Å². The zero-order valence-electron chi connectivity index (χ0n) is 12.5. The van der Waals surface area contributed by atoms with Crippen LogP contribution in [0.5, 0.6) is 0 Å². The van der Waals surface area contributed by atoms with Crippen molar-refractivity contribution < 1.29 is 13.3 Å².